The minimum absolute atomic E-state index is 0.0605. The predicted molar refractivity (Wildman–Crippen MR) is 102 cm³/mol. The normalized spacial score (nSPS) is 11.7. The number of amides is 1. The van der Waals surface area contributed by atoms with E-state index >= 15 is 0 Å². The van der Waals surface area contributed by atoms with E-state index in [1.807, 2.05) is 30.3 Å². The molecule has 7 heteroatoms. The zero-order chi connectivity index (χ0) is 20.4. The Morgan fingerprint density at radius 1 is 1.04 bits per heavy atom. The molecule has 0 saturated carbocycles. The Kier molecular flexibility index (Phi) is 8.05. The molecule has 1 unspecified atom stereocenters. The van der Waals surface area contributed by atoms with Crippen LogP contribution in [0.5, 0.6) is 11.5 Å². The molecule has 0 radical (unpaired) electrons. The van der Waals surface area contributed by atoms with Crippen molar-refractivity contribution in [2.24, 2.45) is 0 Å². The molecule has 0 aliphatic rings. The molecule has 0 fully saturated rings. The minimum atomic E-state index is -1.20. The van der Waals surface area contributed by atoms with Gasteiger partial charge in [-0.1, -0.05) is 42.5 Å². The van der Waals surface area contributed by atoms with E-state index in [1.165, 1.54) is 25.8 Å². The first kappa shape index (κ1) is 21.0. The fraction of sp³-hybridized carbons (Fsp3) is 0.238. The van der Waals surface area contributed by atoms with Crippen molar-refractivity contribution < 1.29 is 29.0 Å². The second-order valence-electron chi connectivity index (χ2n) is 5.89. The lowest BCUT2D eigenvalue weighted by Crippen LogP contribution is -2.37. The summed E-state index contributed by atoms with van der Waals surface area (Å²) in [6.07, 6.45) is 2.34. The van der Waals surface area contributed by atoms with Crippen molar-refractivity contribution in [1.82, 2.24) is 5.48 Å². The summed E-state index contributed by atoms with van der Waals surface area (Å²) in [6, 6.07) is 14.7. The molecule has 0 spiro atoms. The number of hydroxylamine groups is 1. The number of hydrogen-bond acceptors (Lipinski definition) is 6. The van der Waals surface area contributed by atoms with Crippen LogP contribution in [0.1, 0.15) is 11.1 Å². The van der Waals surface area contributed by atoms with Crippen molar-refractivity contribution in [3.63, 3.8) is 0 Å². The number of carbonyl (C=O) groups is 2. The number of rotatable bonds is 9. The number of carbonyl (C=O) groups excluding carboxylic acids is 2. The molecule has 2 aromatic rings. The maximum absolute atomic E-state index is 12.1. The molecular weight excluding hydrogens is 362 g/mol. The van der Waals surface area contributed by atoms with Crippen LogP contribution in [-0.2, 0) is 27.2 Å². The molecule has 1 amide bonds. The highest BCUT2D eigenvalue weighted by Crippen LogP contribution is 2.28. The molecule has 0 aliphatic heterocycles. The lowest BCUT2D eigenvalue weighted by atomic mass is 10.1. The van der Waals surface area contributed by atoms with Crippen LogP contribution in [0.2, 0.25) is 0 Å². The largest absolute Gasteiger partial charge is 0.493 e. The third-order valence-corrected chi connectivity index (χ3v) is 3.98. The van der Waals surface area contributed by atoms with Gasteiger partial charge in [0.05, 0.1) is 14.2 Å². The average molecular weight is 385 g/mol. The van der Waals surface area contributed by atoms with E-state index < -0.39 is 18.0 Å². The summed E-state index contributed by atoms with van der Waals surface area (Å²) in [4.78, 5) is 24.0. The van der Waals surface area contributed by atoms with Gasteiger partial charge < -0.3 is 14.2 Å². The Labute approximate surface area is 163 Å². The van der Waals surface area contributed by atoms with Crippen molar-refractivity contribution in [2.75, 3.05) is 14.2 Å². The van der Waals surface area contributed by atoms with Crippen molar-refractivity contribution in [3.8, 4) is 11.5 Å². The molecule has 0 aromatic heterocycles. The first-order valence-electron chi connectivity index (χ1n) is 8.63. The van der Waals surface area contributed by atoms with Crippen LogP contribution in [-0.4, -0.2) is 37.4 Å². The van der Waals surface area contributed by atoms with Gasteiger partial charge in [-0.25, -0.2) is 10.3 Å². The third-order valence-electron chi connectivity index (χ3n) is 3.98. The number of ether oxygens (including phenoxy) is 3. The third kappa shape index (κ3) is 6.14. The second kappa shape index (κ2) is 10.7. The van der Waals surface area contributed by atoms with Gasteiger partial charge in [0.15, 0.2) is 17.6 Å². The lowest BCUT2D eigenvalue weighted by Gasteiger charge is -2.16. The Bertz CT molecular complexity index is 819. The van der Waals surface area contributed by atoms with Gasteiger partial charge in [0.1, 0.15) is 0 Å². The molecular formula is C21H23NO6. The Morgan fingerprint density at radius 2 is 1.75 bits per heavy atom. The number of methoxy groups -OCH3 is 2. The summed E-state index contributed by atoms with van der Waals surface area (Å²) in [5, 5.41) is 8.95. The Balaban J connectivity index is 2.03. The molecule has 1 atom stereocenters. The predicted octanol–water partition coefficient (Wildman–Crippen LogP) is 2.46. The van der Waals surface area contributed by atoms with Crippen LogP contribution in [0.4, 0.5) is 0 Å². The highest BCUT2D eigenvalue weighted by atomic mass is 16.6. The zero-order valence-corrected chi connectivity index (χ0v) is 15.8. The van der Waals surface area contributed by atoms with Crippen molar-refractivity contribution in [1.29, 1.82) is 0 Å². The fourth-order valence-electron chi connectivity index (χ4n) is 2.57. The van der Waals surface area contributed by atoms with Crippen molar-refractivity contribution in [3.05, 3.63) is 71.8 Å². The van der Waals surface area contributed by atoms with Gasteiger partial charge in [-0.05, 0) is 29.7 Å². The maximum Gasteiger partial charge on any atom is 0.331 e. The van der Waals surface area contributed by atoms with Crippen LogP contribution in [0, 0.1) is 0 Å². The average Bonchev–Trinajstić information content (AvgIpc) is 2.73. The van der Waals surface area contributed by atoms with E-state index in [1.54, 1.807) is 24.3 Å². The molecule has 7 nitrogen and oxygen atoms in total. The smallest absolute Gasteiger partial charge is 0.331 e. The molecule has 148 valence electrons. The van der Waals surface area contributed by atoms with Gasteiger partial charge in [-0.15, -0.1) is 0 Å². The highest BCUT2D eigenvalue weighted by molar-refractivity contribution is 5.87. The standard InChI is InChI=1S/C21H23NO6/c1-26-17-12-11-16(13-18(17)27-2)14-19(21(24)22-25)28-20(23)10-6-9-15-7-4-3-5-8-15/h3-8,10-13,19,25H,9,14H2,1-2H3,(H,22,24)/b10-6+. The van der Waals surface area contributed by atoms with E-state index in [2.05, 4.69) is 0 Å². The monoisotopic (exact) mass is 385 g/mol. The second-order valence-corrected chi connectivity index (χ2v) is 5.89. The van der Waals surface area contributed by atoms with Crippen LogP contribution in [0.3, 0.4) is 0 Å². The molecule has 0 saturated heterocycles. The van der Waals surface area contributed by atoms with Crippen molar-refractivity contribution in [2.45, 2.75) is 18.9 Å². The Morgan fingerprint density at radius 3 is 2.39 bits per heavy atom. The summed E-state index contributed by atoms with van der Waals surface area (Å²) >= 11 is 0. The molecule has 0 aliphatic carbocycles. The zero-order valence-electron chi connectivity index (χ0n) is 15.8. The Hall–Kier alpha value is -3.32. The topological polar surface area (TPSA) is 94.1 Å². The van der Waals surface area contributed by atoms with E-state index in [4.69, 9.17) is 19.4 Å². The maximum atomic E-state index is 12.1. The van der Waals surface area contributed by atoms with Gasteiger partial charge in [-0.3, -0.25) is 10.0 Å². The van der Waals surface area contributed by atoms with E-state index in [0.717, 1.165) is 5.56 Å². The summed E-state index contributed by atoms with van der Waals surface area (Å²) < 4.78 is 15.6. The van der Waals surface area contributed by atoms with Gasteiger partial charge >= 0.3 is 5.97 Å². The molecule has 2 rings (SSSR count). The van der Waals surface area contributed by atoms with E-state index in [9.17, 15) is 9.59 Å². The molecule has 2 N–H and O–H groups in total. The minimum Gasteiger partial charge on any atom is -0.493 e. The number of nitrogens with one attached hydrogen (secondary N) is 1. The van der Waals surface area contributed by atoms with Crippen LogP contribution >= 0.6 is 0 Å². The van der Waals surface area contributed by atoms with Crippen LogP contribution < -0.4 is 15.0 Å². The quantitative estimate of drug-likeness (QED) is 0.298. The van der Waals surface area contributed by atoms with Gasteiger partial charge in [0, 0.05) is 12.5 Å². The van der Waals surface area contributed by atoms with Crippen LogP contribution in [0.25, 0.3) is 0 Å². The summed E-state index contributed by atoms with van der Waals surface area (Å²) in [5.41, 5.74) is 3.24. The number of benzene rings is 2. The van der Waals surface area contributed by atoms with Gasteiger partial charge in [0.2, 0.25) is 0 Å². The molecule has 0 heterocycles. The van der Waals surface area contributed by atoms with Crippen molar-refractivity contribution >= 4 is 11.9 Å². The summed E-state index contributed by atoms with van der Waals surface area (Å²) in [7, 11) is 3.01. The van der Waals surface area contributed by atoms with Gasteiger partial charge in [0.25, 0.3) is 5.91 Å². The fourth-order valence-corrected chi connectivity index (χ4v) is 2.57. The first-order valence-corrected chi connectivity index (χ1v) is 8.63. The number of esters is 1. The van der Waals surface area contributed by atoms with Gasteiger partial charge in [-0.2, -0.15) is 0 Å². The molecule has 28 heavy (non-hydrogen) atoms. The number of allylic oxidation sites excluding steroid dienone is 1. The van der Waals surface area contributed by atoms with E-state index in [0.29, 0.717) is 23.5 Å². The van der Waals surface area contributed by atoms with Crippen LogP contribution in [0.15, 0.2) is 60.7 Å². The summed E-state index contributed by atoms with van der Waals surface area (Å²) in [5.74, 6) is -0.475. The highest BCUT2D eigenvalue weighted by Gasteiger charge is 2.23. The number of hydrogen-bond donors (Lipinski definition) is 2. The SMILES string of the molecule is COc1ccc(CC(OC(=O)/C=C/Cc2ccccc2)C(=O)NO)cc1OC. The molecule has 2 aromatic carbocycles. The van der Waals surface area contributed by atoms with E-state index in [-0.39, 0.29) is 6.42 Å². The lowest BCUT2D eigenvalue weighted by molar-refractivity contribution is -0.155. The molecule has 0 bridgehead atoms. The summed E-state index contributed by atoms with van der Waals surface area (Å²) in [6.45, 7) is 0. The first-order chi connectivity index (χ1) is 13.6.